The van der Waals surface area contributed by atoms with Crippen molar-refractivity contribution in [3.05, 3.63) is 16.1 Å². The zero-order chi connectivity index (χ0) is 10.4. The number of nitrogens with two attached hydrogens (primary N) is 1. The molecule has 1 aromatic rings. The van der Waals surface area contributed by atoms with Crippen molar-refractivity contribution in [2.24, 2.45) is 5.84 Å². The Kier molecular flexibility index (Phi) is 4.60. The molecule has 0 bridgehead atoms. The third-order valence-corrected chi connectivity index (χ3v) is 2.95. The average Bonchev–Trinajstić information content (AvgIpc) is 2.58. The molecule has 0 saturated heterocycles. The lowest BCUT2D eigenvalue weighted by Crippen LogP contribution is -2.36. The quantitative estimate of drug-likeness (QED) is 0.436. The van der Waals surface area contributed by atoms with E-state index in [2.05, 4.69) is 16.3 Å². The van der Waals surface area contributed by atoms with Crippen molar-refractivity contribution in [2.75, 3.05) is 0 Å². The minimum absolute atomic E-state index is 0.233. The molecule has 1 unspecified atom stereocenters. The molecule has 0 aromatic carbocycles. The van der Waals surface area contributed by atoms with Gasteiger partial charge in [0.15, 0.2) is 0 Å². The Morgan fingerprint density at radius 3 is 3.07 bits per heavy atom. The van der Waals surface area contributed by atoms with Crippen LogP contribution in [0.3, 0.4) is 0 Å². The summed E-state index contributed by atoms with van der Waals surface area (Å²) in [4.78, 5) is 4.38. The van der Waals surface area contributed by atoms with Gasteiger partial charge in [0.25, 0.3) is 0 Å². The molecule has 0 amide bonds. The summed E-state index contributed by atoms with van der Waals surface area (Å²) in [6.07, 6.45) is 7.70. The maximum Gasteiger partial charge on any atom is 0.0944 e. The monoisotopic (exact) mass is 209 g/mol. The van der Waals surface area contributed by atoms with Crippen LogP contribution in [0.25, 0.3) is 0 Å². The van der Waals surface area contributed by atoms with E-state index in [1.165, 1.54) is 0 Å². The smallest absolute Gasteiger partial charge is 0.0944 e. The molecular formula is C10H15N3S. The fourth-order valence-electron chi connectivity index (χ4n) is 1.21. The molecule has 0 aliphatic rings. The Morgan fingerprint density at radius 1 is 1.79 bits per heavy atom. The fraction of sp³-hybridized carbons (Fsp3) is 0.500. The second kappa shape index (κ2) is 5.76. The van der Waals surface area contributed by atoms with Gasteiger partial charge in [-0.05, 0) is 13.3 Å². The maximum atomic E-state index is 5.43. The van der Waals surface area contributed by atoms with Crippen LogP contribution in [0.2, 0.25) is 0 Å². The Morgan fingerprint density at radius 2 is 2.57 bits per heavy atom. The van der Waals surface area contributed by atoms with E-state index >= 15 is 0 Å². The van der Waals surface area contributed by atoms with Gasteiger partial charge in [0, 0.05) is 30.0 Å². The highest BCUT2D eigenvalue weighted by Crippen LogP contribution is 2.12. The lowest BCUT2D eigenvalue weighted by molar-refractivity contribution is 0.497. The maximum absolute atomic E-state index is 5.43. The van der Waals surface area contributed by atoms with E-state index in [1.807, 2.05) is 12.3 Å². The molecule has 0 radical (unpaired) electrons. The van der Waals surface area contributed by atoms with Gasteiger partial charge >= 0.3 is 0 Å². The van der Waals surface area contributed by atoms with Gasteiger partial charge in [-0.25, -0.2) is 4.98 Å². The van der Waals surface area contributed by atoms with Crippen molar-refractivity contribution in [3.8, 4) is 12.3 Å². The van der Waals surface area contributed by atoms with Crippen LogP contribution < -0.4 is 11.3 Å². The number of nitrogens with one attached hydrogen (secondary N) is 1. The molecule has 0 fully saturated rings. The van der Waals surface area contributed by atoms with E-state index in [9.17, 15) is 0 Å². The second-order valence-corrected chi connectivity index (χ2v) is 4.14. The molecule has 0 aliphatic heterocycles. The number of hydrogen-bond donors (Lipinski definition) is 2. The van der Waals surface area contributed by atoms with Crippen LogP contribution in [0.1, 0.15) is 23.5 Å². The molecule has 3 nitrogen and oxygen atoms in total. The highest BCUT2D eigenvalue weighted by Gasteiger charge is 2.09. The number of terminal acetylenes is 1. The summed E-state index contributed by atoms with van der Waals surface area (Å²) in [5.41, 5.74) is 3.83. The lowest BCUT2D eigenvalue weighted by Gasteiger charge is -2.12. The topological polar surface area (TPSA) is 50.9 Å². The summed E-state index contributed by atoms with van der Waals surface area (Å²) < 4.78 is 0. The lowest BCUT2D eigenvalue weighted by atomic mass is 10.1. The van der Waals surface area contributed by atoms with E-state index in [4.69, 9.17) is 12.3 Å². The number of nitrogens with zero attached hydrogens (tertiary/aromatic N) is 1. The van der Waals surface area contributed by atoms with Crippen LogP contribution >= 0.6 is 11.3 Å². The number of aromatic nitrogens is 1. The highest BCUT2D eigenvalue weighted by molar-refractivity contribution is 7.09. The first-order valence-electron chi connectivity index (χ1n) is 4.57. The van der Waals surface area contributed by atoms with Gasteiger partial charge in [-0.1, -0.05) is 0 Å². The van der Waals surface area contributed by atoms with Crippen molar-refractivity contribution in [1.82, 2.24) is 10.4 Å². The molecule has 14 heavy (non-hydrogen) atoms. The zero-order valence-electron chi connectivity index (χ0n) is 8.29. The summed E-state index contributed by atoms with van der Waals surface area (Å²) in [6.45, 7) is 1.99. The molecule has 1 rings (SSSR count). The zero-order valence-corrected chi connectivity index (χ0v) is 9.10. The number of hydrogen-bond acceptors (Lipinski definition) is 4. The first-order chi connectivity index (χ1) is 6.76. The van der Waals surface area contributed by atoms with Crippen LogP contribution in [-0.4, -0.2) is 11.0 Å². The number of rotatable bonds is 5. The molecule has 1 atom stereocenters. The van der Waals surface area contributed by atoms with Gasteiger partial charge in [-0.3, -0.25) is 11.3 Å². The van der Waals surface area contributed by atoms with Crippen LogP contribution in [0.5, 0.6) is 0 Å². The normalized spacial score (nSPS) is 12.4. The number of hydrazine groups is 1. The summed E-state index contributed by atoms with van der Waals surface area (Å²) >= 11 is 1.67. The summed E-state index contributed by atoms with van der Waals surface area (Å²) in [5, 5.41) is 3.16. The largest absolute Gasteiger partial charge is 0.271 e. The molecule has 0 spiro atoms. The van der Waals surface area contributed by atoms with E-state index in [1.54, 1.807) is 11.3 Å². The second-order valence-electron chi connectivity index (χ2n) is 3.19. The Labute approximate surface area is 88.7 Å². The third kappa shape index (κ3) is 3.46. The van der Waals surface area contributed by atoms with E-state index in [-0.39, 0.29) is 6.04 Å². The van der Waals surface area contributed by atoms with Gasteiger partial charge in [0.2, 0.25) is 0 Å². The van der Waals surface area contributed by atoms with E-state index in [0.717, 1.165) is 30.0 Å². The van der Waals surface area contributed by atoms with Crippen molar-refractivity contribution in [2.45, 2.75) is 32.2 Å². The van der Waals surface area contributed by atoms with Gasteiger partial charge in [-0.2, -0.15) is 0 Å². The molecule has 4 heteroatoms. The van der Waals surface area contributed by atoms with Crippen molar-refractivity contribution in [3.63, 3.8) is 0 Å². The third-order valence-electron chi connectivity index (χ3n) is 1.96. The minimum atomic E-state index is 0.233. The standard InChI is InChI=1S/C10H15N3S/c1-3-4-5-9(13-11)6-10-12-8(2)7-14-10/h1,7,9,13H,4-6,11H2,2H3. The summed E-state index contributed by atoms with van der Waals surface area (Å²) in [5.74, 6) is 8.04. The van der Waals surface area contributed by atoms with Gasteiger partial charge in [0.1, 0.15) is 0 Å². The first kappa shape index (κ1) is 11.2. The van der Waals surface area contributed by atoms with Crippen LogP contribution in [0.4, 0.5) is 0 Å². The predicted octanol–water partition coefficient (Wildman–Crippen LogP) is 1.24. The first-order valence-corrected chi connectivity index (χ1v) is 5.44. The number of aryl methyl sites for hydroxylation is 1. The summed E-state index contributed by atoms with van der Waals surface area (Å²) in [7, 11) is 0. The minimum Gasteiger partial charge on any atom is -0.271 e. The van der Waals surface area contributed by atoms with Gasteiger partial charge in [-0.15, -0.1) is 23.7 Å². The SMILES string of the molecule is C#CCCC(Cc1nc(C)cs1)NN. The van der Waals surface area contributed by atoms with Gasteiger partial charge in [0.05, 0.1) is 5.01 Å². The van der Waals surface area contributed by atoms with Crippen LogP contribution in [-0.2, 0) is 6.42 Å². The van der Waals surface area contributed by atoms with Crippen molar-refractivity contribution < 1.29 is 0 Å². The van der Waals surface area contributed by atoms with E-state index in [0.29, 0.717) is 0 Å². The fourth-order valence-corrected chi connectivity index (χ4v) is 2.06. The predicted molar refractivity (Wildman–Crippen MR) is 59.7 cm³/mol. The Bertz CT molecular complexity index is 313. The summed E-state index contributed by atoms with van der Waals surface area (Å²) in [6, 6.07) is 0.233. The molecule has 0 aliphatic carbocycles. The van der Waals surface area contributed by atoms with Crippen molar-refractivity contribution in [1.29, 1.82) is 0 Å². The molecule has 0 saturated carbocycles. The molecular weight excluding hydrogens is 194 g/mol. The Balaban J connectivity index is 2.44. The molecule has 1 aromatic heterocycles. The number of thiazole rings is 1. The van der Waals surface area contributed by atoms with Crippen LogP contribution in [0.15, 0.2) is 5.38 Å². The van der Waals surface area contributed by atoms with E-state index < -0.39 is 0 Å². The average molecular weight is 209 g/mol. The van der Waals surface area contributed by atoms with Crippen molar-refractivity contribution >= 4 is 11.3 Å². The Hall–Kier alpha value is -0.890. The highest BCUT2D eigenvalue weighted by atomic mass is 32.1. The van der Waals surface area contributed by atoms with Gasteiger partial charge < -0.3 is 0 Å². The molecule has 3 N–H and O–H groups in total. The molecule has 76 valence electrons. The van der Waals surface area contributed by atoms with Crippen LogP contribution in [0, 0.1) is 19.3 Å². The molecule has 1 heterocycles.